The number of aliphatic carboxylic acids is 2. The van der Waals surface area contributed by atoms with Crippen LogP contribution < -0.4 is 0 Å². The van der Waals surface area contributed by atoms with Crippen LogP contribution in [0.3, 0.4) is 0 Å². The highest BCUT2D eigenvalue weighted by Crippen LogP contribution is 1.94. The minimum atomic E-state index is -1.26. The molecule has 0 bridgehead atoms. The molecule has 0 saturated heterocycles. The van der Waals surface area contributed by atoms with Crippen molar-refractivity contribution in [1.29, 1.82) is 0 Å². The summed E-state index contributed by atoms with van der Waals surface area (Å²) in [5, 5.41) is 24.1. The number of hydrogen-bond donors (Lipinski definition) is 3. The molecule has 96 valence electrons. The van der Waals surface area contributed by atoms with Gasteiger partial charge in [0.15, 0.2) is 6.29 Å². The Kier molecular flexibility index (Phi) is 9.24. The SMILES string of the molecule is C=C(C)C(=O)OC(C)O.O=C(O)C=CC(=O)O. The molecule has 0 aliphatic rings. The van der Waals surface area contributed by atoms with Crippen molar-refractivity contribution in [3.8, 4) is 0 Å². The average Bonchev–Trinajstić information content (AvgIpc) is 2.14. The fourth-order valence-corrected chi connectivity index (χ4v) is 0.398. The van der Waals surface area contributed by atoms with Crippen LogP contribution in [0.4, 0.5) is 0 Å². The maximum absolute atomic E-state index is 10.5. The van der Waals surface area contributed by atoms with Gasteiger partial charge < -0.3 is 20.1 Å². The monoisotopic (exact) mass is 246 g/mol. The second-order valence-corrected chi connectivity index (χ2v) is 2.79. The first-order valence-corrected chi connectivity index (χ1v) is 4.35. The van der Waals surface area contributed by atoms with Crippen molar-refractivity contribution >= 4 is 17.9 Å². The van der Waals surface area contributed by atoms with Crippen molar-refractivity contribution in [2.24, 2.45) is 0 Å². The number of carbonyl (C=O) groups excluding carboxylic acids is 1. The number of carbonyl (C=O) groups is 3. The van der Waals surface area contributed by atoms with Crippen LogP contribution in [0.15, 0.2) is 24.3 Å². The molecule has 7 nitrogen and oxygen atoms in total. The van der Waals surface area contributed by atoms with Crippen LogP contribution in [0.2, 0.25) is 0 Å². The number of carboxylic acid groups (broad SMARTS) is 2. The Morgan fingerprint density at radius 3 is 1.65 bits per heavy atom. The molecule has 0 fully saturated rings. The van der Waals surface area contributed by atoms with Gasteiger partial charge in [-0.05, 0) is 13.8 Å². The third kappa shape index (κ3) is 16.5. The molecule has 0 heterocycles. The molecule has 1 unspecified atom stereocenters. The highest BCUT2D eigenvalue weighted by molar-refractivity contribution is 5.89. The number of esters is 1. The van der Waals surface area contributed by atoms with Crippen LogP contribution in [0.25, 0.3) is 0 Å². The lowest BCUT2D eigenvalue weighted by atomic mass is 10.4. The quantitative estimate of drug-likeness (QED) is 0.367. The van der Waals surface area contributed by atoms with Gasteiger partial charge in [0.1, 0.15) is 0 Å². The topological polar surface area (TPSA) is 121 Å². The Labute approximate surface area is 97.6 Å². The third-order valence-electron chi connectivity index (χ3n) is 0.995. The van der Waals surface area contributed by atoms with E-state index in [1.54, 1.807) is 0 Å². The van der Waals surface area contributed by atoms with E-state index in [4.69, 9.17) is 15.3 Å². The molecule has 0 aromatic carbocycles. The molecule has 0 aliphatic heterocycles. The molecular weight excluding hydrogens is 232 g/mol. The second kappa shape index (κ2) is 9.10. The predicted molar refractivity (Wildman–Crippen MR) is 57.0 cm³/mol. The molecule has 17 heavy (non-hydrogen) atoms. The molecule has 0 amide bonds. The molecule has 0 aromatic rings. The molecular formula is C10H14O7. The molecule has 1 atom stereocenters. The van der Waals surface area contributed by atoms with E-state index in [0.717, 1.165) is 0 Å². The van der Waals surface area contributed by atoms with Crippen LogP contribution in [0.5, 0.6) is 0 Å². The summed E-state index contributed by atoms with van der Waals surface area (Å²) in [5.74, 6) is -3.08. The molecule has 0 aromatic heterocycles. The van der Waals surface area contributed by atoms with Gasteiger partial charge in [0.05, 0.1) is 0 Å². The Balaban J connectivity index is 0. The fraction of sp³-hybridized carbons (Fsp3) is 0.300. The normalized spacial score (nSPS) is 11.0. The first-order valence-electron chi connectivity index (χ1n) is 4.35. The highest BCUT2D eigenvalue weighted by Gasteiger charge is 2.04. The number of aliphatic hydroxyl groups is 1. The summed E-state index contributed by atoms with van der Waals surface area (Å²) in [7, 11) is 0. The Hall–Kier alpha value is -2.15. The molecule has 0 radical (unpaired) electrons. The number of aliphatic hydroxyl groups excluding tert-OH is 1. The lowest BCUT2D eigenvalue weighted by molar-refractivity contribution is -0.159. The van der Waals surface area contributed by atoms with E-state index in [2.05, 4.69) is 11.3 Å². The summed E-state index contributed by atoms with van der Waals surface area (Å²) in [6, 6.07) is 0. The van der Waals surface area contributed by atoms with Gasteiger partial charge in [-0.2, -0.15) is 0 Å². The predicted octanol–water partition coefficient (Wildman–Crippen LogP) is 0.156. The Morgan fingerprint density at radius 2 is 1.53 bits per heavy atom. The van der Waals surface area contributed by atoms with Gasteiger partial charge in [-0.15, -0.1) is 0 Å². The maximum Gasteiger partial charge on any atom is 0.335 e. The van der Waals surface area contributed by atoms with Crippen LogP contribution in [0, 0.1) is 0 Å². The van der Waals surface area contributed by atoms with Crippen molar-refractivity contribution in [1.82, 2.24) is 0 Å². The number of rotatable bonds is 4. The first-order chi connectivity index (χ1) is 7.66. The molecule has 0 aliphatic carbocycles. The zero-order valence-electron chi connectivity index (χ0n) is 9.41. The van der Waals surface area contributed by atoms with E-state index < -0.39 is 24.2 Å². The van der Waals surface area contributed by atoms with E-state index >= 15 is 0 Å². The molecule has 0 rings (SSSR count). The Morgan fingerprint density at radius 1 is 1.18 bits per heavy atom. The third-order valence-corrected chi connectivity index (χ3v) is 0.995. The van der Waals surface area contributed by atoms with Crippen LogP contribution in [0.1, 0.15) is 13.8 Å². The molecule has 0 spiro atoms. The smallest absolute Gasteiger partial charge is 0.335 e. The van der Waals surface area contributed by atoms with E-state index in [1.165, 1.54) is 13.8 Å². The van der Waals surface area contributed by atoms with Gasteiger partial charge in [-0.3, -0.25) is 0 Å². The average molecular weight is 246 g/mol. The lowest BCUT2D eigenvalue weighted by Crippen LogP contribution is -2.13. The Bertz CT molecular complexity index is 312. The van der Waals surface area contributed by atoms with E-state index in [0.29, 0.717) is 12.2 Å². The number of carboxylic acids is 2. The summed E-state index contributed by atoms with van der Waals surface area (Å²) in [6.07, 6.45) is 0.0687. The fourth-order valence-electron chi connectivity index (χ4n) is 0.398. The zero-order chi connectivity index (χ0) is 14.0. The van der Waals surface area contributed by atoms with Crippen molar-refractivity contribution in [3.63, 3.8) is 0 Å². The van der Waals surface area contributed by atoms with E-state index in [-0.39, 0.29) is 5.57 Å². The summed E-state index contributed by atoms with van der Waals surface area (Å²) in [5.41, 5.74) is 0.288. The summed E-state index contributed by atoms with van der Waals surface area (Å²) < 4.78 is 4.33. The zero-order valence-corrected chi connectivity index (χ0v) is 9.41. The van der Waals surface area contributed by atoms with Gasteiger partial charge in [-0.25, -0.2) is 14.4 Å². The summed E-state index contributed by atoms with van der Waals surface area (Å²) in [6.45, 7) is 6.20. The minimum Gasteiger partial charge on any atom is -0.478 e. The first kappa shape index (κ1) is 17.3. The van der Waals surface area contributed by atoms with Gasteiger partial charge in [0.25, 0.3) is 0 Å². The highest BCUT2D eigenvalue weighted by atomic mass is 16.6. The van der Waals surface area contributed by atoms with Crippen molar-refractivity contribution in [2.45, 2.75) is 20.1 Å². The summed E-state index contributed by atoms with van der Waals surface area (Å²) in [4.78, 5) is 29.6. The molecule has 7 heteroatoms. The number of hydrogen-bond acceptors (Lipinski definition) is 5. The van der Waals surface area contributed by atoms with Crippen molar-refractivity contribution in [2.75, 3.05) is 0 Å². The minimum absolute atomic E-state index is 0.288. The lowest BCUT2D eigenvalue weighted by Gasteiger charge is -2.04. The second-order valence-electron chi connectivity index (χ2n) is 2.79. The van der Waals surface area contributed by atoms with E-state index in [1.807, 2.05) is 0 Å². The van der Waals surface area contributed by atoms with Crippen molar-refractivity contribution in [3.05, 3.63) is 24.3 Å². The van der Waals surface area contributed by atoms with Gasteiger partial charge in [0, 0.05) is 17.7 Å². The maximum atomic E-state index is 10.5. The van der Waals surface area contributed by atoms with Gasteiger partial charge in [-0.1, -0.05) is 6.58 Å². The molecule has 3 N–H and O–H groups in total. The van der Waals surface area contributed by atoms with Crippen molar-refractivity contribution < 1.29 is 34.4 Å². The number of ether oxygens (including phenoxy) is 1. The van der Waals surface area contributed by atoms with Gasteiger partial charge >= 0.3 is 17.9 Å². The largest absolute Gasteiger partial charge is 0.478 e. The summed E-state index contributed by atoms with van der Waals surface area (Å²) >= 11 is 0. The van der Waals surface area contributed by atoms with Crippen LogP contribution in [-0.4, -0.2) is 39.5 Å². The standard InChI is InChI=1S/C6H10O3.C4H4O4/c1-4(2)6(8)9-5(3)7;5-3(6)1-2-4(7)8/h5,7H,1H2,2-3H3;1-2H,(H,5,6)(H,7,8). The van der Waals surface area contributed by atoms with Gasteiger partial charge in [0.2, 0.25) is 0 Å². The molecule has 0 saturated carbocycles. The van der Waals surface area contributed by atoms with Crippen LogP contribution in [-0.2, 0) is 19.1 Å². The van der Waals surface area contributed by atoms with E-state index in [9.17, 15) is 14.4 Å². The van der Waals surface area contributed by atoms with Crippen LogP contribution >= 0.6 is 0 Å².